The predicted octanol–water partition coefficient (Wildman–Crippen LogP) is 8.72. The van der Waals surface area contributed by atoms with Crippen molar-refractivity contribution in [3.05, 3.63) is 80.9 Å². The molecular weight excluding hydrogens is 484 g/mol. The van der Waals surface area contributed by atoms with Crippen LogP contribution in [0.25, 0.3) is 5.57 Å². The topological polar surface area (TPSA) is 60.7 Å². The SMILES string of the molecule is CCC(=C1C=C(C(C)(C)C)OC(C(C)(C)C)=C1)C1=C([O-])/C(=C(/C)c2cc(C(C)(C)C)[o+]c(C(C)(C)C)c2)C1=O. The summed E-state index contributed by atoms with van der Waals surface area (Å²) in [5, 5.41) is 13.7. The van der Waals surface area contributed by atoms with Crippen LogP contribution in [0.3, 0.4) is 0 Å². The Morgan fingerprint density at radius 3 is 1.56 bits per heavy atom. The van der Waals surface area contributed by atoms with Crippen molar-refractivity contribution in [2.24, 2.45) is 10.8 Å². The van der Waals surface area contributed by atoms with E-state index in [2.05, 4.69) is 83.1 Å². The van der Waals surface area contributed by atoms with Gasteiger partial charge in [0.2, 0.25) is 0 Å². The van der Waals surface area contributed by atoms with E-state index in [1.54, 1.807) is 0 Å². The molecule has 2 heterocycles. The maximum absolute atomic E-state index is 13.7. The maximum Gasteiger partial charge on any atom is 0.335 e. The monoisotopic (exact) mass is 532 g/mol. The van der Waals surface area contributed by atoms with Gasteiger partial charge in [-0.3, -0.25) is 4.79 Å². The molecule has 1 aliphatic carbocycles. The third-order valence-corrected chi connectivity index (χ3v) is 7.26. The van der Waals surface area contributed by atoms with Crippen molar-refractivity contribution in [2.75, 3.05) is 0 Å². The summed E-state index contributed by atoms with van der Waals surface area (Å²) in [4.78, 5) is 13.7. The second-order valence-corrected chi connectivity index (χ2v) is 15.0. The van der Waals surface area contributed by atoms with Crippen molar-refractivity contribution < 1.29 is 19.1 Å². The standard InChI is InChI=1S/C35H48O4/c1-15-23(22-18-26(34(9,10)11)39-27(19-22)35(12,13)14)29-30(36)28(31(29)37)20(2)21-16-24(32(3,4)5)38-25(17-21)33(6,7)8/h16-19H,15H2,1-14H3. The summed E-state index contributed by atoms with van der Waals surface area (Å²) in [6, 6.07) is 3.95. The Hall–Kier alpha value is -2.88. The third kappa shape index (κ3) is 6.15. The second kappa shape index (κ2) is 9.94. The van der Waals surface area contributed by atoms with Crippen molar-refractivity contribution in [1.29, 1.82) is 0 Å². The molecule has 0 aromatic carbocycles. The van der Waals surface area contributed by atoms with E-state index in [1.807, 2.05) is 38.1 Å². The minimum atomic E-state index is -0.220. The Morgan fingerprint density at radius 1 is 0.795 bits per heavy atom. The van der Waals surface area contributed by atoms with Crippen LogP contribution in [0.2, 0.25) is 0 Å². The number of allylic oxidation sites excluding steroid dienone is 9. The third-order valence-electron chi connectivity index (χ3n) is 7.26. The van der Waals surface area contributed by atoms with Crippen LogP contribution in [0.15, 0.2) is 68.3 Å². The minimum absolute atomic E-state index is 0.180. The first-order valence-electron chi connectivity index (χ1n) is 14.1. The van der Waals surface area contributed by atoms with Crippen molar-refractivity contribution in [2.45, 2.75) is 114 Å². The van der Waals surface area contributed by atoms with Crippen molar-refractivity contribution >= 4 is 11.4 Å². The van der Waals surface area contributed by atoms with E-state index in [1.165, 1.54) is 0 Å². The number of hydrogen-bond donors (Lipinski definition) is 0. The number of ketones is 1. The molecule has 0 saturated carbocycles. The summed E-state index contributed by atoms with van der Waals surface area (Å²) in [5.74, 6) is 2.96. The van der Waals surface area contributed by atoms with Crippen LogP contribution < -0.4 is 5.11 Å². The fourth-order valence-corrected chi connectivity index (χ4v) is 4.55. The molecule has 3 rings (SSSR count). The Labute approximate surface area is 236 Å². The molecule has 1 aromatic rings. The summed E-state index contributed by atoms with van der Waals surface area (Å²) in [5.41, 5.74) is 2.91. The van der Waals surface area contributed by atoms with E-state index in [9.17, 15) is 9.90 Å². The number of carbonyl (C=O) groups excluding carboxylic acids is 1. The molecule has 0 radical (unpaired) electrons. The smallest absolute Gasteiger partial charge is 0.335 e. The number of carbonyl (C=O) groups is 1. The molecule has 1 aliphatic heterocycles. The molecule has 0 amide bonds. The van der Waals surface area contributed by atoms with E-state index in [4.69, 9.17) is 9.15 Å². The van der Waals surface area contributed by atoms with Crippen LogP contribution in [-0.4, -0.2) is 5.78 Å². The number of rotatable bonds is 3. The Kier molecular flexibility index (Phi) is 7.82. The first kappa shape index (κ1) is 30.7. The molecule has 0 spiro atoms. The van der Waals surface area contributed by atoms with Gasteiger partial charge in [-0.2, -0.15) is 0 Å². The fourth-order valence-electron chi connectivity index (χ4n) is 4.55. The Balaban J connectivity index is 2.24. The van der Waals surface area contributed by atoms with E-state index in [0.29, 0.717) is 17.6 Å². The highest BCUT2D eigenvalue weighted by Gasteiger charge is 2.37. The van der Waals surface area contributed by atoms with Gasteiger partial charge in [0.15, 0.2) is 5.78 Å². The van der Waals surface area contributed by atoms with Crippen LogP contribution >= 0.6 is 0 Å². The average Bonchev–Trinajstić information content (AvgIpc) is 2.79. The molecule has 0 fully saturated rings. The van der Waals surface area contributed by atoms with Crippen LogP contribution in [0.1, 0.15) is 120 Å². The highest BCUT2D eigenvalue weighted by molar-refractivity contribution is 6.25. The van der Waals surface area contributed by atoms with E-state index < -0.39 is 0 Å². The number of ether oxygens (including phenoxy) is 1. The number of Topliss-reactive ketones (excluding diaryl/α,β-unsaturated/α-hetero) is 1. The van der Waals surface area contributed by atoms with E-state index >= 15 is 0 Å². The largest absolute Gasteiger partial charge is 0.871 e. The summed E-state index contributed by atoms with van der Waals surface area (Å²) in [6.07, 6.45) is 4.57. The summed E-state index contributed by atoms with van der Waals surface area (Å²) >= 11 is 0. The van der Waals surface area contributed by atoms with Gasteiger partial charge in [-0.25, -0.2) is 4.42 Å². The van der Waals surface area contributed by atoms with Gasteiger partial charge in [-0.05, 0) is 89.3 Å². The lowest BCUT2D eigenvalue weighted by Crippen LogP contribution is -2.32. The van der Waals surface area contributed by atoms with Gasteiger partial charge in [0.05, 0.1) is 10.8 Å². The molecule has 0 unspecified atom stereocenters. The number of hydrogen-bond acceptors (Lipinski definition) is 3. The molecule has 39 heavy (non-hydrogen) atoms. The van der Waals surface area contributed by atoms with Crippen molar-refractivity contribution in [3.8, 4) is 0 Å². The van der Waals surface area contributed by atoms with Gasteiger partial charge >= 0.3 is 11.5 Å². The predicted molar refractivity (Wildman–Crippen MR) is 159 cm³/mol. The summed E-state index contributed by atoms with van der Waals surface area (Å²) in [7, 11) is 0. The van der Waals surface area contributed by atoms with Gasteiger partial charge < -0.3 is 9.84 Å². The fraction of sp³-hybridized carbons (Fsp3) is 0.543. The van der Waals surface area contributed by atoms with Gasteiger partial charge in [-0.1, -0.05) is 54.2 Å². The van der Waals surface area contributed by atoms with Gasteiger partial charge in [0, 0.05) is 34.1 Å². The highest BCUT2D eigenvalue weighted by atomic mass is 16.5. The lowest BCUT2D eigenvalue weighted by Gasteiger charge is -2.36. The quantitative estimate of drug-likeness (QED) is 0.288. The lowest BCUT2D eigenvalue weighted by atomic mass is 9.76. The Morgan fingerprint density at radius 2 is 1.23 bits per heavy atom. The normalized spacial score (nSPS) is 18.4. The van der Waals surface area contributed by atoms with Crippen molar-refractivity contribution in [3.63, 3.8) is 0 Å². The molecule has 2 aliphatic rings. The highest BCUT2D eigenvalue weighted by Crippen LogP contribution is 2.44. The van der Waals surface area contributed by atoms with Gasteiger partial charge in [-0.15, -0.1) is 0 Å². The molecule has 0 atom stereocenters. The van der Waals surface area contributed by atoms with Crippen LogP contribution in [0.4, 0.5) is 0 Å². The average molecular weight is 533 g/mol. The lowest BCUT2D eigenvalue weighted by molar-refractivity contribution is -0.300. The van der Waals surface area contributed by atoms with Crippen molar-refractivity contribution in [1.82, 2.24) is 0 Å². The van der Waals surface area contributed by atoms with Gasteiger partial charge in [0.25, 0.3) is 0 Å². The Bertz CT molecular complexity index is 1280. The first-order valence-corrected chi connectivity index (χ1v) is 14.1. The molecule has 4 nitrogen and oxygen atoms in total. The molecule has 4 heteroatoms. The molecule has 0 bridgehead atoms. The van der Waals surface area contributed by atoms with Crippen LogP contribution in [0.5, 0.6) is 0 Å². The van der Waals surface area contributed by atoms with E-state index in [0.717, 1.165) is 39.7 Å². The van der Waals surface area contributed by atoms with Gasteiger partial charge in [0.1, 0.15) is 11.5 Å². The zero-order chi connectivity index (χ0) is 29.9. The zero-order valence-electron chi connectivity index (χ0n) is 26.6. The first-order chi connectivity index (χ1) is 17.6. The van der Waals surface area contributed by atoms with Crippen LogP contribution in [-0.2, 0) is 20.4 Å². The molecular formula is C35H48O4. The second-order valence-electron chi connectivity index (χ2n) is 15.0. The van der Waals surface area contributed by atoms with E-state index in [-0.39, 0.29) is 38.8 Å². The minimum Gasteiger partial charge on any atom is -0.871 e. The molecule has 1 aromatic heterocycles. The van der Waals surface area contributed by atoms with Crippen LogP contribution in [0, 0.1) is 10.8 Å². The maximum atomic E-state index is 13.7. The molecule has 0 N–H and O–H groups in total. The molecule has 212 valence electrons. The molecule has 0 saturated heterocycles. The zero-order valence-corrected chi connectivity index (χ0v) is 26.6. The summed E-state index contributed by atoms with van der Waals surface area (Å²) in [6.45, 7) is 29.1. The summed E-state index contributed by atoms with van der Waals surface area (Å²) < 4.78 is 12.6.